The van der Waals surface area contributed by atoms with Gasteiger partial charge in [0.25, 0.3) is 0 Å². The molecule has 0 aromatic heterocycles. The third-order valence-electron chi connectivity index (χ3n) is 1.65. The topological polar surface area (TPSA) is 113 Å². The maximum atomic E-state index is 8.67. The molecule has 0 rings (SSSR count). The van der Waals surface area contributed by atoms with Crippen LogP contribution in [0.4, 0.5) is 0 Å². The highest BCUT2D eigenvalue weighted by Gasteiger charge is 2.32. The third kappa shape index (κ3) is 1.65. The van der Waals surface area contributed by atoms with Gasteiger partial charge in [-0.15, -0.1) is 0 Å². The summed E-state index contributed by atoms with van der Waals surface area (Å²) in [5.74, 6) is 0. The van der Waals surface area contributed by atoms with Crippen LogP contribution in [0.2, 0.25) is 0 Å². The van der Waals surface area contributed by atoms with E-state index in [0.717, 1.165) is 0 Å². The maximum Gasteiger partial charge on any atom is 0.0676 e. The lowest BCUT2D eigenvalue weighted by Crippen LogP contribution is -2.55. The second-order valence-corrected chi connectivity index (χ2v) is 2.36. The molecule has 0 aliphatic rings. The summed E-state index contributed by atoms with van der Waals surface area (Å²) in [6.45, 7) is -1.26. The average Bonchev–Trinajstić information content (AvgIpc) is 1.92. The van der Waals surface area contributed by atoms with E-state index in [1.54, 1.807) is 0 Å². The minimum Gasteiger partial charge on any atom is -0.395 e. The fourth-order valence-electron chi connectivity index (χ4n) is 0.466. The van der Waals surface area contributed by atoms with Crippen molar-refractivity contribution in [3.63, 3.8) is 0 Å². The predicted octanol–water partition coefficient (Wildman–Crippen LogP) is -2.81. The Morgan fingerprint density at radius 1 is 1.00 bits per heavy atom. The highest BCUT2D eigenvalue weighted by atomic mass is 16.3. The molecule has 0 amide bonds. The largest absolute Gasteiger partial charge is 0.395 e. The van der Waals surface area contributed by atoms with Crippen molar-refractivity contribution in [2.45, 2.75) is 6.17 Å². The summed E-state index contributed by atoms with van der Waals surface area (Å²) in [5, 5.41) is 26.0. The highest BCUT2D eigenvalue weighted by Crippen LogP contribution is 2.14. The zero-order valence-electron chi connectivity index (χ0n) is 5.70. The van der Waals surface area contributed by atoms with Crippen molar-refractivity contribution < 1.29 is 15.3 Å². The lowest BCUT2D eigenvalue weighted by molar-refractivity contribution is -0.0117. The van der Waals surface area contributed by atoms with Gasteiger partial charge in [0.2, 0.25) is 0 Å². The average molecular weight is 150 g/mol. The first-order valence-corrected chi connectivity index (χ1v) is 2.96. The molecule has 10 heavy (non-hydrogen) atoms. The number of aliphatic hydroxyl groups is 3. The summed E-state index contributed by atoms with van der Waals surface area (Å²) in [5.41, 5.74) is 9.25. The van der Waals surface area contributed by atoms with Crippen LogP contribution in [-0.4, -0.2) is 41.3 Å². The van der Waals surface area contributed by atoms with Crippen LogP contribution in [0.15, 0.2) is 0 Å². The van der Waals surface area contributed by atoms with E-state index in [0.29, 0.717) is 0 Å². The van der Waals surface area contributed by atoms with Gasteiger partial charge >= 0.3 is 0 Å². The molecule has 5 nitrogen and oxygen atoms in total. The Morgan fingerprint density at radius 2 is 1.30 bits per heavy atom. The van der Waals surface area contributed by atoms with Crippen LogP contribution in [-0.2, 0) is 0 Å². The molecule has 0 bridgehead atoms. The second-order valence-electron chi connectivity index (χ2n) is 2.36. The van der Waals surface area contributed by atoms with Crippen molar-refractivity contribution >= 4 is 0 Å². The molecule has 0 aromatic carbocycles. The minimum atomic E-state index is -1.15. The monoisotopic (exact) mass is 150 g/mol. The van der Waals surface area contributed by atoms with Gasteiger partial charge in [0.1, 0.15) is 0 Å². The van der Waals surface area contributed by atoms with E-state index in [1.807, 2.05) is 0 Å². The van der Waals surface area contributed by atoms with E-state index in [-0.39, 0.29) is 0 Å². The third-order valence-corrected chi connectivity index (χ3v) is 1.65. The van der Waals surface area contributed by atoms with Crippen molar-refractivity contribution in [2.75, 3.05) is 19.8 Å². The van der Waals surface area contributed by atoms with Crippen LogP contribution >= 0.6 is 0 Å². The van der Waals surface area contributed by atoms with E-state index in [1.165, 1.54) is 0 Å². The van der Waals surface area contributed by atoms with Gasteiger partial charge < -0.3 is 26.8 Å². The van der Waals surface area contributed by atoms with Crippen LogP contribution in [0.1, 0.15) is 0 Å². The summed E-state index contributed by atoms with van der Waals surface area (Å²) >= 11 is 0. The predicted molar refractivity (Wildman–Crippen MR) is 35.9 cm³/mol. The fourth-order valence-corrected chi connectivity index (χ4v) is 0.466. The zero-order valence-corrected chi connectivity index (χ0v) is 5.70. The Hall–Kier alpha value is -0.200. The van der Waals surface area contributed by atoms with Crippen molar-refractivity contribution in [3.05, 3.63) is 0 Å². The van der Waals surface area contributed by atoms with E-state index in [9.17, 15) is 0 Å². The van der Waals surface area contributed by atoms with Gasteiger partial charge in [0.15, 0.2) is 0 Å². The SMILES string of the molecule is NC(N)C(CO)(CO)CO. The van der Waals surface area contributed by atoms with Crippen LogP contribution in [0, 0.1) is 5.41 Å². The Balaban J connectivity index is 4.15. The van der Waals surface area contributed by atoms with Crippen molar-refractivity contribution in [3.8, 4) is 0 Å². The smallest absolute Gasteiger partial charge is 0.0676 e. The first kappa shape index (κ1) is 9.80. The maximum absolute atomic E-state index is 8.67. The molecule has 5 heteroatoms. The molecule has 7 N–H and O–H groups in total. The molecule has 0 aliphatic heterocycles. The molecule has 0 spiro atoms. The quantitative estimate of drug-likeness (QED) is 0.278. The van der Waals surface area contributed by atoms with Gasteiger partial charge in [-0.3, -0.25) is 0 Å². The van der Waals surface area contributed by atoms with E-state index in [2.05, 4.69) is 0 Å². The Bertz CT molecular complexity index is 84.6. The van der Waals surface area contributed by atoms with E-state index >= 15 is 0 Å². The van der Waals surface area contributed by atoms with Crippen LogP contribution in [0.25, 0.3) is 0 Å². The Labute approximate surface area is 59.3 Å². The molecule has 0 saturated heterocycles. The standard InChI is InChI=1S/C5H14N2O3/c6-4(7)5(1-8,2-9)3-10/h4,8-10H,1-3,6-7H2. The summed E-state index contributed by atoms with van der Waals surface area (Å²) in [6.07, 6.45) is -0.910. The number of nitrogens with two attached hydrogens (primary N) is 2. The Morgan fingerprint density at radius 3 is 1.30 bits per heavy atom. The van der Waals surface area contributed by atoms with Crippen molar-refractivity contribution in [1.29, 1.82) is 0 Å². The normalized spacial score (nSPS) is 12.6. The summed E-state index contributed by atoms with van der Waals surface area (Å²) in [6, 6.07) is 0. The van der Waals surface area contributed by atoms with Gasteiger partial charge in [-0.2, -0.15) is 0 Å². The molecule has 0 aromatic rings. The van der Waals surface area contributed by atoms with Gasteiger partial charge in [-0.1, -0.05) is 0 Å². The molecule has 62 valence electrons. The van der Waals surface area contributed by atoms with Crippen molar-refractivity contribution in [1.82, 2.24) is 0 Å². The minimum absolute atomic E-state index is 0.419. The molecular weight excluding hydrogens is 136 g/mol. The number of hydrogen-bond acceptors (Lipinski definition) is 5. The lowest BCUT2D eigenvalue weighted by atomic mass is 9.88. The van der Waals surface area contributed by atoms with Gasteiger partial charge in [0, 0.05) is 0 Å². The summed E-state index contributed by atoms with van der Waals surface area (Å²) in [7, 11) is 0. The molecule has 0 unspecified atom stereocenters. The number of hydrogen-bond donors (Lipinski definition) is 5. The van der Waals surface area contributed by atoms with Crippen LogP contribution in [0.5, 0.6) is 0 Å². The number of aliphatic hydroxyl groups excluding tert-OH is 3. The Kier molecular flexibility index (Phi) is 3.77. The van der Waals surface area contributed by atoms with Gasteiger partial charge in [0.05, 0.1) is 31.4 Å². The van der Waals surface area contributed by atoms with Gasteiger partial charge in [-0.25, -0.2) is 0 Å². The van der Waals surface area contributed by atoms with Crippen LogP contribution < -0.4 is 11.5 Å². The molecule has 0 saturated carbocycles. The lowest BCUT2D eigenvalue weighted by Gasteiger charge is -2.30. The van der Waals surface area contributed by atoms with Crippen LogP contribution in [0.3, 0.4) is 0 Å². The molecule has 0 aliphatic carbocycles. The molecule has 0 heterocycles. The first-order chi connectivity index (χ1) is 4.63. The first-order valence-electron chi connectivity index (χ1n) is 2.96. The van der Waals surface area contributed by atoms with Crippen molar-refractivity contribution in [2.24, 2.45) is 16.9 Å². The highest BCUT2D eigenvalue weighted by molar-refractivity contribution is 4.83. The molecule has 0 radical (unpaired) electrons. The van der Waals surface area contributed by atoms with Gasteiger partial charge in [-0.05, 0) is 0 Å². The fraction of sp³-hybridized carbons (Fsp3) is 1.00. The van der Waals surface area contributed by atoms with E-state index in [4.69, 9.17) is 26.8 Å². The molecular formula is C5H14N2O3. The summed E-state index contributed by atoms with van der Waals surface area (Å²) in [4.78, 5) is 0. The molecule has 0 fully saturated rings. The number of rotatable bonds is 4. The second kappa shape index (κ2) is 3.85. The zero-order chi connectivity index (χ0) is 8.20. The van der Waals surface area contributed by atoms with E-state index < -0.39 is 31.4 Å². The molecule has 0 atom stereocenters. The summed E-state index contributed by atoms with van der Waals surface area (Å²) < 4.78 is 0.